The molecule has 5 atom stereocenters. The van der Waals surface area contributed by atoms with E-state index in [1.807, 2.05) is 27.7 Å². The lowest BCUT2D eigenvalue weighted by atomic mass is 9.92. The summed E-state index contributed by atoms with van der Waals surface area (Å²) in [5.74, 6) is -1.48. The highest BCUT2D eigenvalue weighted by Crippen LogP contribution is 2.23. The highest BCUT2D eigenvalue weighted by atomic mass is 32.2. The third kappa shape index (κ3) is 11.5. The van der Waals surface area contributed by atoms with Gasteiger partial charge in [0.1, 0.15) is 5.82 Å². The topological polar surface area (TPSA) is 131 Å². The molecule has 0 radical (unpaired) electrons. The van der Waals surface area contributed by atoms with Gasteiger partial charge in [-0.15, -0.1) is 0 Å². The molecule has 2 aromatic rings. The molecule has 3 amide bonds. The maximum atomic E-state index is 13.6. The van der Waals surface area contributed by atoms with Crippen LogP contribution in [0.3, 0.4) is 0 Å². The van der Waals surface area contributed by atoms with Crippen LogP contribution >= 0.6 is 0 Å². The molecule has 2 rings (SSSR count). The number of carbonyl (C=O) groups is 3. The number of hydrogen-bond acceptors (Lipinski definition) is 6. The first-order chi connectivity index (χ1) is 20.1. The molecule has 0 heterocycles. The van der Waals surface area contributed by atoms with Gasteiger partial charge in [-0.05, 0) is 67.5 Å². The molecule has 0 bridgehead atoms. The first kappa shape index (κ1) is 36.0. The van der Waals surface area contributed by atoms with Crippen LogP contribution in [0.1, 0.15) is 86.7 Å². The standard InChI is InChI=1S/C32H47FN4O5S/c1-19(2)13-28(29(38)14-21(5)30(39)34-18-20(3)4)36-32(41)25-15-24(16-27(17-25)37(7)43(8)42)31(40)35-22(6)23-9-11-26(33)12-10-23/h9-12,15-17,19-22,28-29,38,42H,13-14,18H2,1-8H3,(H2-,34,35,36,39,40,41)/p+1/t21-,22-,28+,29+,43?/m1/s1. The molecular weight excluding hydrogens is 571 g/mol. The average molecular weight is 620 g/mol. The van der Waals surface area contributed by atoms with Gasteiger partial charge in [-0.2, -0.15) is 8.86 Å². The van der Waals surface area contributed by atoms with Crippen LogP contribution in [0.2, 0.25) is 0 Å². The Bertz CT molecular complexity index is 1220. The summed E-state index contributed by atoms with van der Waals surface area (Å²) in [5, 5.41) is 19.8. The van der Waals surface area contributed by atoms with E-state index in [4.69, 9.17) is 0 Å². The second kappa shape index (κ2) is 16.6. The van der Waals surface area contributed by atoms with Crippen LogP contribution in [-0.2, 0) is 16.2 Å². The normalized spacial score (nSPS) is 14.9. The van der Waals surface area contributed by atoms with E-state index in [-0.39, 0.29) is 35.2 Å². The number of rotatable bonds is 15. The minimum absolute atomic E-state index is 0.146. The molecule has 1 unspecified atom stereocenters. The predicted molar refractivity (Wildman–Crippen MR) is 171 cm³/mol. The third-order valence-electron chi connectivity index (χ3n) is 7.15. The Morgan fingerprint density at radius 3 is 1.95 bits per heavy atom. The molecule has 0 aliphatic carbocycles. The minimum Gasteiger partial charge on any atom is -0.391 e. The Kier molecular flexibility index (Phi) is 13.9. The lowest BCUT2D eigenvalue weighted by Gasteiger charge is -2.28. The molecule has 0 aliphatic heterocycles. The van der Waals surface area contributed by atoms with Gasteiger partial charge < -0.3 is 21.1 Å². The molecule has 9 nitrogen and oxygen atoms in total. The quantitative estimate of drug-likeness (QED) is 0.184. The minimum atomic E-state index is -1.18. The Hall–Kier alpha value is -3.15. The van der Waals surface area contributed by atoms with Gasteiger partial charge >= 0.3 is 0 Å². The van der Waals surface area contributed by atoms with E-state index in [1.165, 1.54) is 18.2 Å². The Morgan fingerprint density at radius 2 is 1.44 bits per heavy atom. The number of halogens is 1. The summed E-state index contributed by atoms with van der Waals surface area (Å²) in [6, 6.07) is 9.38. The van der Waals surface area contributed by atoms with Crippen molar-refractivity contribution in [3.63, 3.8) is 0 Å². The molecule has 0 aliphatic rings. The molecule has 43 heavy (non-hydrogen) atoms. The summed E-state index contributed by atoms with van der Waals surface area (Å²) in [7, 11) is 1.65. The number of aliphatic hydroxyl groups excluding tert-OH is 1. The number of nitrogens with one attached hydrogen (secondary N) is 3. The molecule has 238 valence electrons. The van der Waals surface area contributed by atoms with Gasteiger partial charge in [0.25, 0.3) is 23.2 Å². The van der Waals surface area contributed by atoms with E-state index < -0.39 is 47.3 Å². The lowest BCUT2D eigenvalue weighted by Crippen LogP contribution is -2.46. The summed E-state index contributed by atoms with van der Waals surface area (Å²) in [6.07, 6.45) is 1.26. The van der Waals surface area contributed by atoms with Gasteiger partial charge in [0.2, 0.25) is 5.91 Å². The monoisotopic (exact) mass is 619 g/mol. The fourth-order valence-corrected chi connectivity index (χ4v) is 4.92. The highest BCUT2D eigenvalue weighted by Gasteiger charge is 2.28. The van der Waals surface area contributed by atoms with Gasteiger partial charge in [-0.25, -0.2) is 4.39 Å². The van der Waals surface area contributed by atoms with Crippen LogP contribution in [0.25, 0.3) is 0 Å². The Balaban J connectivity index is 2.31. The first-order valence-electron chi connectivity index (χ1n) is 14.7. The van der Waals surface area contributed by atoms with Crippen molar-refractivity contribution in [3.05, 3.63) is 65.0 Å². The van der Waals surface area contributed by atoms with E-state index in [0.717, 1.165) is 0 Å². The summed E-state index contributed by atoms with van der Waals surface area (Å²) >= 11 is -1.18. The number of carbonyl (C=O) groups excluding carboxylic acids is 3. The van der Waals surface area contributed by atoms with Gasteiger partial charge in [-0.3, -0.25) is 14.4 Å². The SMILES string of the molecule is CC(C)CNC(=O)[C@H](C)C[C@H](O)[C@H](CC(C)C)NC(=O)c1cc(C(=O)N[C@H](C)c2ccc(F)cc2)cc(N(C)[S+](C)O)c1. The van der Waals surface area contributed by atoms with Crippen LogP contribution in [0.4, 0.5) is 10.1 Å². The third-order valence-corrected chi connectivity index (χ3v) is 8.16. The number of hydrogen-bond donors (Lipinski definition) is 5. The van der Waals surface area contributed by atoms with Crippen molar-refractivity contribution in [2.75, 3.05) is 24.2 Å². The maximum Gasteiger partial charge on any atom is 0.261 e. The van der Waals surface area contributed by atoms with Crippen LogP contribution in [0, 0.1) is 23.6 Å². The van der Waals surface area contributed by atoms with Crippen molar-refractivity contribution in [2.45, 2.75) is 72.6 Å². The summed E-state index contributed by atoms with van der Waals surface area (Å²) in [6.45, 7) is 12.0. The van der Waals surface area contributed by atoms with Crippen LogP contribution in [0.15, 0.2) is 42.5 Å². The van der Waals surface area contributed by atoms with Crippen molar-refractivity contribution < 1.29 is 28.4 Å². The maximum absolute atomic E-state index is 13.6. The summed E-state index contributed by atoms with van der Waals surface area (Å²) in [5.41, 5.74) is 1.55. The largest absolute Gasteiger partial charge is 0.391 e. The van der Waals surface area contributed by atoms with E-state index in [2.05, 4.69) is 16.0 Å². The fourth-order valence-electron chi connectivity index (χ4n) is 4.51. The zero-order valence-electron chi connectivity index (χ0n) is 26.5. The van der Waals surface area contributed by atoms with E-state index >= 15 is 0 Å². The van der Waals surface area contributed by atoms with Gasteiger partial charge in [0.05, 0.1) is 30.9 Å². The van der Waals surface area contributed by atoms with E-state index in [9.17, 15) is 28.4 Å². The molecular formula is C32H48FN4O5S+. The first-order valence-corrected chi connectivity index (χ1v) is 16.2. The van der Waals surface area contributed by atoms with Gasteiger partial charge in [-0.1, -0.05) is 46.8 Å². The highest BCUT2D eigenvalue weighted by molar-refractivity contribution is 7.92. The lowest BCUT2D eigenvalue weighted by molar-refractivity contribution is -0.125. The van der Waals surface area contributed by atoms with Crippen molar-refractivity contribution in [1.29, 1.82) is 0 Å². The smallest absolute Gasteiger partial charge is 0.261 e. The molecule has 0 spiro atoms. The average Bonchev–Trinajstić information content (AvgIpc) is 2.94. The summed E-state index contributed by atoms with van der Waals surface area (Å²) in [4.78, 5) is 39.4. The number of amides is 3. The number of benzene rings is 2. The van der Waals surface area contributed by atoms with E-state index in [1.54, 1.807) is 55.7 Å². The van der Waals surface area contributed by atoms with Crippen molar-refractivity contribution in [2.24, 2.45) is 17.8 Å². The second-order valence-electron chi connectivity index (χ2n) is 12.0. The van der Waals surface area contributed by atoms with Crippen LogP contribution in [-0.4, -0.2) is 59.4 Å². The van der Waals surface area contributed by atoms with Crippen molar-refractivity contribution in [3.8, 4) is 0 Å². The molecule has 0 fully saturated rings. The molecule has 2 aromatic carbocycles. The van der Waals surface area contributed by atoms with Gasteiger partial charge in [0, 0.05) is 23.6 Å². The number of aliphatic hydroxyl groups is 1. The molecule has 5 N–H and O–H groups in total. The Morgan fingerprint density at radius 1 is 0.884 bits per heavy atom. The Labute approximate surface area is 258 Å². The molecule has 11 heteroatoms. The van der Waals surface area contributed by atoms with Gasteiger partial charge in [0.15, 0.2) is 6.26 Å². The molecule has 0 saturated carbocycles. The van der Waals surface area contributed by atoms with Crippen LogP contribution < -0.4 is 20.3 Å². The molecule has 0 aromatic heterocycles. The number of nitrogens with zero attached hydrogens (tertiary/aromatic N) is 1. The van der Waals surface area contributed by atoms with Crippen molar-refractivity contribution in [1.82, 2.24) is 16.0 Å². The molecule has 0 saturated heterocycles. The zero-order valence-corrected chi connectivity index (χ0v) is 27.3. The zero-order chi connectivity index (χ0) is 32.4. The van der Waals surface area contributed by atoms with Crippen molar-refractivity contribution >= 4 is 34.8 Å². The second-order valence-corrected chi connectivity index (χ2v) is 13.5. The van der Waals surface area contributed by atoms with E-state index in [0.29, 0.717) is 30.1 Å². The number of anilines is 1. The fraction of sp³-hybridized carbons (Fsp3) is 0.531. The summed E-state index contributed by atoms with van der Waals surface area (Å²) < 4.78 is 25.1. The van der Waals surface area contributed by atoms with Crippen LogP contribution in [0.5, 0.6) is 0 Å². The predicted octanol–water partition coefficient (Wildman–Crippen LogP) is 4.69.